The van der Waals surface area contributed by atoms with E-state index in [0.29, 0.717) is 28.3 Å². The molecule has 1 fully saturated rings. The molecule has 1 saturated carbocycles. The fourth-order valence-electron chi connectivity index (χ4n) is 3.54. The molecular formula is C24H26F3N5O. The van der Waals surface area contributed by atoms with Crippen LogP contribution in [0.3, 0.4) is 0 Å². The van der Waals surface area contributed by atoms with Crippen LogP contribution in [0.5, 0.6) is 0 Å². The van der Waals surface area contributed by atoms with Gasteiger partial charge in [0.15, 0.2) is 5.65 Å². The Morgan fingerprint density at radius 2 is 2.03 bits per heavy atom. The number of nitrogens with zero attached hydrogens (tertiary/aromatic N) is 3. The van der Waals surface area contributed by atoms with E-state index in [2.05, 4.69) is 20.7 Å². The largest absolute Gasteiger partial charge is 0.390 e. The molecule has 1 amide bonds. The van der Waals surface area contributed by atoms with E-state index in [9.17, 15) is 18.0 Å². The molecule has 33 heavy (non-hydrogen) atoms. The zero-order valence-corrected chi connectivity index (χ0v) is 18.8. The number of imidazole rings is 1. The number of amides is 1. The topological polar surface area (TPSA) is 71.3 Å². The Balaban J connectivity index is 1.71. The van der Waals surface area contributed by atoms with Crippen LogP contribution in [0.2, 0.25) is 0 Å². The number of hydrogen-bond acceptors (Lipinski definition) is 4. The third-order valence-corrected chi connectivity index (χ3v) is 5.71. The normalized spacial score (nSPS) is 14.5. The second-order valence-electron chi connectivity index (χ2n) is 8.36. The van der Waals surface area contributed by atoms with Gasteiger partial charge in [-0.05, 0) is 62.9 Å². The molecule has 0 unspecified atom stereocenters. The highest BCUT2D eigenvalue weighted by Gasteiger charge is 2.27. The van der Waals surface area contributed by atoms with Gasteiger partial charge in [-0.25, -0.2) is 9.50 Å². The number of halogens is 3. The van der Waals surface area contributed by atoms with E-state index in [4.69, 9.17) is 0 Å². The predicted octanol–water partition coefficient (Wildman–Crippen LogP) is 5.38. The lowest BCUT2D eigenvalue weighted by atomic mass is 10.0. The van der Waals surface area contributed by atoms with Gasteiger partial charge >= 0.3 is 6.18 Å². The highest BCUT2D eigenvalue weighted by atomic mass is 19.4. The summed E-state index contributed by atoms with van der Waals surface area (Å²) in [6.45, 7) is 5.38. The summed E-state index contributed by atoms with van der Waals surface area (Å²) in [5.41, 5.74) is 5.38. The summed E-state index contributed by atoms with van der Waals surface area (Å²) in [5, 5.41) is 10.5. The molecule has 4 rings (SSSR count). The number of allylic oxidation sites excluding steroid dienone is 2. The number of carbonyl (C=O) groups is 1. The van der Waals surface area contributed by atoms with Crippen LogP contribution in [0.4, 0.5) is 18.9 Å². The number of aromatic nitrogens is 3. The van der Waals surface area contributed by atoms with Gasteiger partial charge in [-0.1, -0.05) is 12.1 Å². The molecule has 0 bridgehead atoms. The minimum atomic E-state index is -4.25. The minimum absolute atomic E-state index is 0.0834. The van der Waals surface area contributed by atoms with Crippen molar-refractivity contribution in [2.24, 2.45) is 0 Å². The number of anilines is 1. The smallest absolute Gasteiger partial charge is 0.382 e. The molecule has 2 aromatic heterocycles. The molecule has 174 valence electrons. The SMILES string of the molecule is CC=C(C)c1cc(NCCC(F)(F)F)c2ncc(-c3ccc(C(=O)NC4CC4)c(C)c3)n2n1. The summed E-state index contributed by atoms with van der Waals surface area (Å²) in [4.78, 5) is 16.9. The Morgan fingerprint density at radius 1 is 1.27 bits per heavy atom. The van der Waals surface area contributed by atoms with Crippen molar-refractivity contribution in [2.45, 2.75) is 52.3 Å². The Labute approximate surface area is 189 Å². The van der Waals surface area contributed by atoms with Crippen LogP contribution in [0.25, 0.3) is 22.5 Å². The van der Waals surface area contributed by atoms with Crippen LogP contribution < -0.4 is 10.6 Å². The molecule has 0 spiro atoms. The molecular weight excluding hydrogens is 431 g/mol. The number of rotatable bonds is 7. The van der Waals surface area contributed by atoms with E-state index >= 15 is 0 Å². The summed E-state index contributed by atoms with van der Waals surface area (Å²) in [6.07, 6.45) is 0.375. The maximum atomic E-state index is 12.6. The second-order valence-corrected chi connectivity index (χ2v) is 8.36. The number of alkyl halides is 3. The highest BCUT2D eigenvalue weighted by Crippen LogP contribution is 2.29. The number of carbonyl (C=O) groups excluding carboxylic acids is 1. The lowest BCUT2D eigenvalue weighted by molar-refractivity contribution is -0.131. The van der Waals surface area contributed by atoms with Crippen LogP contribution >= 0.6 is 0 Å². The lowest BCUT2D eigenvalue weighted by Gasteiger charge is -2.13. The molecule has 9 heteroatoms. The number of hydrogen-bond donors (Lipinski definition) is 2. The highest BCUT2D eigenvalue weighted by molar-refractivity contribution is 5.96. The molecule has 1 aliphatic carbocycles. The molecule has 0 atom stereocenters. The Kier molecular flexibility index (Phi) is 6.14. The molecule has 0 saturated heterocycles. The van der Waals surface area contributed by atoms with Crippen molar-refractivity contribution >= 4 is 22.8 Å². The van der Waals surface area contributed by atoms with Gasteiger partial charge in [0.25, 0.3) is 5.91 Å². The Hall–Kier alpha value is -3.36. The minimum Gasteiger partial charge on any atom is -0.382 e. The van der Waals surface area contributed by atoms with Gasteiger partial charge in [0.1, 0.15) is 0 Å². The van der Waals surface area contributed by atoms with Gasteiger partial charge in [0.2, 0.25) is 0 Å². The van der Waals surface area contributed by atoms with Crippen LogP contribution in [0.15, 0.2) is 36.5 Å². The van der Waals surface area contributed by atoms with Gasteiger partial charge in [-0.3, -0.25) is 4.79 Å². The first-order valence-corrected chi connectivity index (χ1v) is 10.9. The van der Waals surface area contributed by atoms with E-state index in [-0.39, 0.29) is 18.5 Å². The first kappa shape index (κ1) is 22.8. The molecule has 1 aromatic carbocycles. The fraction of sp³-hybridized carbons (Fsp3) is 0.375. The molecule has 3 aromatic rings. The molecule has 0 radical (unpaired) electrons. The summed E-state index contributed by atoms with van der Waals surface area (Å²) >= 11 is 0. The van der Waals surface area contributed by atoms with Crippen molar-refractivity contribution in [1.29, 1.82) is 0 Å². The second kappa shape index (κ2) is 8.88. The lowest BCUT2D eigenvalue weighted by Crippen LogP contribution is -2.26. The summed E-state index contributed by atoms with van der Waals surface area (Å²) in [5.74, 6) is -0.0834. The van der Waals surface area contributed by atoms with Gasteiger partial charge in [-0.2, -0.15) is 18.3 Å². The Bertz CT molecular complexity index is 1220. The predicted molar refractivity (Wildman–Crippen MR) is 122 cm³/mol. The van der Waals surface area contributed by atoms with Crippen molar-refractivity contribution in [1.82, 2.24) is 19.9 Å². The van der Waals surface area contributed by atoms with Crippen molar-refractivity contribution in [2.75, 3.05) is 11.9 Å². The Morgan fingerprint density at radius 3 is 2.67 bits per heavy atom. The molecule has 2 N–H and O–H groups in total. The summed E-state index contributed by atoms with van der Waals surface area (Å²) in [6, 6.07) is 7.51. The maximum absolute atomic E-state index is 12.6. The number of benzene rings is 1. The maximum Gasteiger partial charge on any atom is 0.390 e. The fourth-order valence-corrected chi connectivity index (χ4v) is 3.54. The van der Waals surface area contributed by atoms with Crippen molar-refractivity contribution in [3.63, 3.8) is 0 Å². The third-order valence-electron chi connectivity index (χ3n) is 5.71. The van der Waals surface area contributed by atoms with E-state index in [1.165, 1.54) is 0 Å². The average molecular weight is 458 g/mol. The monoisotopic (exact) mass is 457 g/mol. The summed E-state index contributed by atoms with van der Waals surface area (Å²) < 4.78 is 39.6. The van der Waals surface area contributed by atoms with E-state index in [0.717, 1.165) is 29.5 Å². The molecule has 2 heterocycles. The van der Waals surface area contributed by atoms with Gasteiger partial charge < -0.3 is 10.6 Å². The third kappa shape index (κ3) is 5.18. The zero-order valence-electron chi connectivity index (χ0n) is 18.8. The molecule has 0 aliphatic heterocycles. The number of aryl methyl sites for hydroxylation is 1. The van der Waals surface area contributed by atoms with Gasteiger partial charge in [0, 0.05) is 23.7 Å². The standard InChI is InChI=1S/C24H26F3N5O/c1-4-14(2)19-12-20(28-10-9-24(25,26)27)22-29-13-21(32(22)31-19)16-5-8-18(15(3)11-16)23(33)30-17-6-7-17/h4-5,8,11-13,17,28H,6-7,9-10H2,1-3H3,(H,30,33). The van der Waals surface area contributed by atoms with Crippen LogP contribution in [0.1, 0.15) is 54.7 Å². The summed E-state index contributed by atoms with van der Waals surface area (Å²) in [7, 11) is 0. The quantitative estimate of drug-likeness (QED) is 0.499. The molecule has 1 aliphatic rings. The first-order chi connectivity index (χ1) is 15.7. The first-order valence-electron chi connectivity index (χ1n) is 10.9. The zero-order chi connectivity index (χ0) is 23.8. The molecule has 6 nitrogen and oxygen atoms in total. The van der Waals surface area contributed by atoms with Gasteiger partial charge in [0.05, 0.1) is 29.7 Å². The van der Waals surface area contributed by atoms with Crippen molar-refractivity contribution < 1.29 is 18.0 Å². The van der Waals surface area contributed by atoms with Crippen LogP contribution in [-0.4, -0.2) is 39.3 Å². The van der Waals surface area contributed by atoms with Gasteiger partial charge in [-0.15, -0.1) is 0 Å². The van der Waals surface area contributed by atoms with E-state index in [1.807, 2.05) is 39.0 Å². The van der Waals surface area contributed by atoms with E-state index in [1.54, 1.807) is 22.8 Å². The van der Waals surface area contributed by atoms with Crippen molar-refractivity contribution in [3.05, 3.63) is 53.4 Å². The number of fused-ring (bicyclic) bond motifs is 1. The average Bonchev–Trinajstić information content (AvgIpc) is 3.46. The number of nitrogens with one attached hydrogen (secondary N) is 2. The van der Waals surface area contributed by atoms with Crippen molar-refractivity contribution in [3.8, 4) is 11.3 Å². The van der Waals surface area contributed by atoms with Crippen LogP contribution in [-0.2, 0) is 0 Å². The van der Waals surface area contributed by atoms with Crippen LogP contribution in [0, 0.1) is 6.92 Å². The van der Waals surface area contributed by atoms with E-state index < -0.39 is 12.6 Å².